The molecule has 1 aromatic carbocycles. The first-order valence-electron chi connectivity index (χ1n) is 6.87. The summed E-state index contributed by atoms with van der Waals surface area (Å²) >= 11 is 0. The van der Waals surface area contributed by atoms with Gasteiger partial charge >= 0.3 is 6.18 Å². The third-order valence-corrected chi connectivity index (χ3v) is 3.75. The van der Waals surface area contributed by atoms with Crippen LogP contribution in [0.2, 0.25) is 0 Å². The molecule has 0 bridgehead atoms. The number of unbranched alkanes of at least 4 members (excludes halogenated alkanes) is 1. The molecule has 112 valence electrons. The van der Waals surface area contributed by atoms with Gasteiger partial charge in [-0.3, -0.25) is 0 Å². The quantitative estimate of drug-likeness (QED) is 0.729. The number of halogens is 3. The van der Waals surface area contributed by atoms with Crippen LogP contribution in [-0.2, 0) is 0 Å². The highest BCUT2D eigenvalue weighted by atomic mass is 19.4. The van der Waals surface area contributed by atoms with Crippen LogP contribution >= 0.6 is 0 Å². The lowest BCUT2D eigenvalue weighted by Crippen LogP contribution is -2.43. The van der Waals surface area contributed by atoms with E-state index in [-0.39, 0.29) is 6.04 Å². The Morgan fingerprint density at radius 2 is 1.75 bits per heavy atom. The molecule has 3 nitrogen and oxygen atoms in total. The van der Waals surface area contributed by atoms with Crippen molar-refractivity contribution >= 4 is 0 Å². The SMILES string of the molecule is NCCCCC1C(c2ccccc2)NNC1C(F)(F)F. The van der Waals surface area contributed by atoms with Gasteiger partial charge in [0.05, 0.1) is 6.04 Å². The summed E-state index contributed by atoms with van der Waals surface area (Å²) in [6, 6.07) is 7.42. The minimum absolute atomic E-state index is 0.319. The fraction of sp³-hybridized carbons (Fsp3) is 0.571. The number of hydrogen-bond donors (Lipinski definition) is 3. The Morgan fingerprint density at radius 3 is 2.35 bits per heavy atom. The molecule has 20 heavy (non-hydrogen) atoms. The lowest BCUT2D eigenvalue weighted by Gasteiger charge is -2.24. The summed E-state index contributed by atoms with van der Waals surface area (Å²) in [5.74, 6) is -0.510. The van der Waals surface area contributed by atoms with Gasteiger partial charge in [0, 0.05) is 5.92 Å². The average Bonchev–Trinajstić information content (AvgIpc) is 2.84. The van der Waals surface area contributed by atoms with E-state index in [0.29, 0.717) is 19.4 Å². The van der Waals surface area contributed by atoms with E-state index in [9.17, 15) is 13.2 Å². The van der Waals surface area contributed by atoms with Crippen LogP contribution in [0.3, 0.4) is 0 Å². The Balaban J connectivity index is 2.14. The molecule has 1 aliphatic rings. The smallest absolute Gasteiger partial charge is 0.330 e. The standard InChI is InChI=1S/C14H20F3N3/c15-14(16,17)13-11(8-4-5-9-18)12(19-20-13)10-6-2-1-3-7-10/h1-3,6-7,11-13,19-20H,4-5,8-9,18H2. The van der Waals surface area contributed by atoms with Gasteiger partial charge < -0.3 is 5.73 Å². The maximum atomic E-state index is 13.1. The second-order valence-electron chi connectivity index (χ2n) is 5.14. The lowest BCUT2D eigenvalue weighted by molar-refractivity contribution is -0.162. The molecule has 0 amide bonds. The molecule has 1 aliphatic heterocycles. The van der Waals surface area contributed by atoms with E-state index in [4.69, 9.17) is 5.73 Å². The summed E-state index contributed by atoms with van der Waals surface area (Å²) in [4.78, 5) is 0. The Labute approximate surface area is 116 Å². The Bertz CT molecular complexity index is 408. The van der Waals surface area contributed by atoms with Crippen LogP contribution in [0.25, 0.3) is 0 Å². The van der Waals surface area contributed by atoms with Gasteiger partial charge in [-0.1, -0.05) is 36.8 Å². The van der Waals surface area contributed by atoms with Crippen molar-refractivity contribution in [2.75, 3.05) is 6.54 Å². The molecule has 2 rings (SSSR count). The molecule has 1 fully saturated rings. The molecule has 1 aromatic rings. The maximum absolute atomic E-state index is 13.1. The van der Waals surface area contributed by atoms with Gasteiger partial charge in [-0.25, -0.2) is 10.9 Å². The first kappa shape index (κ1) is 15.3. The van der Waals surface area contributed by atoms with Crippen molar-refractivity contribution in [1.29, 1.82) is 0 Å². The van der Waals surface area contributed by atoms with Gasteiger partial charge in [0.25, 0.3) is 0 Å². The first-order chi connectivity index (χ1) is 9.54. The molecule has 6 heteroatoms. The van der Waals surface area contributed by atoms with Crippen molar-refractivity contribution in [3.63, 3.8) is 0 Å². The topological polar surface area (TPSA) is 50.1 Å². The van der Waals surface area contributed by atoms with E-state index in [2.05, 4.69) is 10.9 Å². The molecule has 3 atom stereocenters. The van der Waals surface area contributed by atoms with Crippen LogP contribution in [0.15, 0.2) is 30.3 Å². The highest BCUT2D eigenvalue weighted by molar-refractivity contribution is 5.21. The van der Waals surface area contributed by atoms with Gasteiger partial charge in [-0.15, -0.1) is 0 Å². The molecule has 0 aromatic heterocycles. The van der Waals surface area contributed by atoms with Crippen LogP contribution in [0.4, 0.5) is 13.2 Å². The van der Waals surface area contributed by atoms with Crippen molar-refractivity contribution in [1.82, 2.24) is 10.9 Å². The van der Waals surface area contributed by atoms with E-state index < -0.39 is 18.1 Å². The zero-order chi connectivity index (χ0) is 14.6. The molecular formula is C14H20F3N3. The number of hydrazine groups is 1. The highest BCUT2D eigenvalue weighted by Gasteiger charge is 2.50. The Hall–Kier alpha value is -1.11. The predicted octanol–water partition coefficient (Wildman–Crippen LogP) is 2.51. The third-order valence-electron chi connectivity index (χ3n) is 3.75. The Kier molecular flexibility index (Phi) is 5.01. The largest absolute Gasteiger partial charge is 0.405 e. The van der Waals surface area contributed by atoms with Crippen molar-refractivity contribution in [2.45, 2.75) is 37.5 Å². The number of alkyl halides is 3. The van der Waals surface area contributed by atoms with Gasteiger partial charge in [0.15, 0.2) is 0 Å². The van der Waals surface area contributed by atoms with Crippen LogP contribution in [0.1, 0.15) is 30.9 Å². The van der Waals surface area contributed by atoms with Crippen LogP contribution in [0, 0.1) is 5.92 Å². The van der Waals surface area contributed by atoms with Crippen molar-refractivity contribution < 1.29 is 13.2 Å². The van der Waals surface area contributed by atoms with Crippen LogP contribution in [0.5, 0.6) is 0 Å². The fourth-order valence-corrected chi connectivity index (χ4v) is 2.76. The van der Waals surface area contributed by atoms with Gasteiger partial charge in [-0.2, -0.15) is 13.2 Å². The van der Waals surface area contributed by atoms with Gasteiger partial charge in [-0.05, 0) is 24.9 Å². The van der Waals surface area contributed by atoms with E-state index in [0.717, 1.165) is 12.0 Å². The predicted molar refractivity (Wildman–Crippen MR) is 71.7 cm³/mol. The number of hydrogen-bond acceptors (Lipinski definition) is 3. The monoisotopic (exact) mass is 287 g/mol. The summed E-state index contributed by atoms with van der Waals surface area (Å²) in [6.45, 7) is 0.514. The fourth-order valence-electron chi connectivity index (χ4n) is 2.76. The number of nitrogens with one attached hydrogen (secondary N) is 2. The normalized spacial score (nSPS) is 26.9. The van der Waals surface area contributed by atoms with E-state index >= 15 is 0 Å². The molecule has 3 unspecified atom stereocenters. The summed E-state index contributed by atoms with van der Waals surface area (Å²) in [5, 5.41) is 0. The summed E-state index contributed by atoms with van der Waals surface area (Å²) in [5.41, 5.74) is 11.5. The van der Waals surface area contributed by atoms with Crippen molar-refractivity contribution in [3.05, 3.63) is 35.9 Å². The molecule has 1 saturated heterocycles. The lowest BCUT2D eigenvalue weighted by atomic mass is 9.85. The van der Waals surface area contributed by atoms with Crippen LogP contribution < -0.4 is 16.6 Å². The number of rotatable bonds is 5. The summed E-state index contributed by atoms with van der Waals surface area (Å²) < 4.78 is 39.2. The zero-order valence-electron chi connectivity index (χ0n) is 11.2. The first-order valence-corrected chi connectivity index (χ1v) is 6.87. The highest BCUT2D eigenvalue weighted by Crippen LogP contribution is 2.39. The molecular weight excluding hydrogens is 267 g/mol. The maximum Gasteiger partial charge on any atom is 0.405 e. The van der Waals surface area contributed by atoms with E-state index in [1.54, 1.807) is 0 Å². The zero-order valence-corrected chi connectivity index (χ0v) is 11.2. The van der Waals surface area contributed by atoms with E-state index in [1.165, 1.54) is 0 Å². The number of nitrogens with two attached hydrogens (primary N) is 1. The second kappa shape index (κ2) is 6.56. The molecule has 0 radical (unpaired) electrons. The minimum Gasteiger partial charge on any atom is -0.330 e. The third kappa shape index (κ3) is 3.50. The minimum atomic E-state index is -4.25. The van der Waals surface area contributed by atoms with Gasteiger partial charge in [0.1, 0.15) is 6.04 Å². The molecule has 0 saturated carbocycles. The van der Waals surface area contributed by atoms with E-state index in [1.807, 2.05) is 30.3 Å². The molecule has 4 N–H and O–H groups in total. The second-order valence-corrected chi connectivity index (χ2v) is 5.14. The summed E-state index contributed by atoms with van der Waals surface area (Å²) in [6.07, 6.45) is -2.28. The molecule has 0 aliphatic carbocycles. The van der Waals surface area contributed by atoms with Crippen molar-refractivity contribution in [2.24, 2.45) is 11.7 Å². The van der Waals surface area contributed by atoms with Crippen LogP contribution in [-0.4, -0.2) is 18.8 Å². The van der Waals surface area contributed by atoms with Gasteiger partial charge in [0.2, 0.25) is 0 Å². The summed E-state index contributed by atoms with van der Waals surface area (Å²) in [7, 11) is 0. The number of benzene rings is 1. The Morgan fingerprint density at radius 1 is 1.05 bits per heavy atom. The molecule has 1 heterocycles. The average molecular weight is 287 g/mol. The molecule has 0 spiro atoms. The van der Waals surface area contributed by atoms with Crippen molar-refractivity contribution in [3.8, 4) is 0 Å².